The Balaban J connectivity index is 1.31. The molecule has 3 rings (SSSR count). The van der Waals surface area contributed by atoms with Crippen LogP contribution in [0.2, 0.25) is 0 Å². The number of aliphatic imine (C=N–C) groups is 1. The first kappa shape index (κ1) is 17.6. The van der Waals surface area contributed by atoms with E-state index in [9.17, 15) is 4.79 Å². The molecule has 4 N–H and O–H groups in total. The normalized spacial score (nSPS) is 17.7. The number of hydrogen-bond donors (Lipinski definition) is 3. The Morgan fingerprint density at radius 2 is 1.96 bits per heavy atom. The van der Waals surface area contributed by atoms with Crippen LogP contribution in [-0.2, 0) is 11.2 Å². The second-order valence-corrected chi connectivity index (χ2v) is 6.97. The Bertz CT molecular complexity index is 592. The third-order valence-electron chi connectivity index (χ3n) is 4.70. The first-order chi connectivity index (χ1) is 12.2. The lowest BCUT2D eigenvalue weighted by molar-refractivity contribution is -0.123. The van der Waals surface area contributed by atoms with Gasteiger partial charge in [0.2, 0.25) is 0 Å². The highest BCUT2D eigenvalue weighted by molar-refractivity contribution is 5.78. The number of ether oxygens (including phenoxy) is 1. The van der Waals surface area contributed by atoms with Crippen molar-refractivity contribution < 1.29 is 9.53 Å². The van der Waals surface area contributed by atoms with E-state index in [-0.39, 0.29) is 12.5 Å². The fourth-order valence-corrected chi connectivity index (χ4v) is 2.69. The van der Waals surface area contributed by atoms with E-state index in [1.165, 1.54) is 24.8 Å². The van der Waals surface area contributed by atoms with Crippen molar-refractivity contribution in [3.05, 3.63) is 29.8 Å². The van der Waals surface area contributed by atoms with E-state index in [0.717, 1.165) is 38.3 Å². The number of nitrogens with two attached hydrogens (primary N) is 1. The Morgan fingerprint density at radius 1 is 1.20 bits per heavy atom. The molecular formula is C19H28N4O2. The summed E-state index contributed by atoms with van der Waals surface area (Å²) in [6.07, 6.45) is 6.94. The van der Waals surface area contributed by atoms with Crippen LogP contribution in [0.25, 0.3) is 0 Å². The number of rotatable bonds is 9. The number of carbonyl (C=O) groups is 1. The molecule has 0 radical (unpaired) electrons. The predicted octanol–water partition coefficient (Wildman–Crippen LogP) is 1.59. The smallest absolute Gasteiger partial charge is 0.258 e. The van der Waals surface area contributed by atoms with E-state index in [0.29, 0.717) is 17.8 Å². The lowest BCUT2D eigenvalue weighted by Crippen LogP contribution is -2.34. The molecule has 1 amide bonds. The monoisotopic (exact) mass is 344 g/mol. The van der Waals surface area contributed by atoms with Gasteiger partial charge in [-0.2, -0.15) is 0 Å². The molecule has 1 aromatic rings. The van der Waals surface area contributed by atoms with Crippen molar-refractivity contribution in [2.75, 3.05) is 19.7 Å². The van der Waals surface area contributed by atoms with Gasteiger partial charge >= 0.3 is 0 Å². The van der Waals surface area contributed by atoms with Crippen molar-refractivity contribution >= 4 is 11.9 Å². The van der Waals surface area contributed by atoms with Crippen LogP contribution in [0, 0.1) is 5.92 Å². The van der Waals surface area contributed by atoms with Crippen molar-refractivity contribution in [3.63, 3.8) is 0 Å². The third kappa shape index (κ3) is 6.29. The molecule has 0 spiro atoms. The molecule has 6 nitrogen and oxygen atoms in total. The molecule has 0 unspecified atom stereocenters. The summed E-state index contributed by atoms with van der Waals surface area (Å²) in [6, 6.07) is 8.19. The zero-order chi connectivity index (χ0) is 17.5. The average Bonchev–Trinajstić information content (AvgIpc) is 3.36. The van der Waals surface area contributed by atoms with Gasteiger partial charge in [-0.1, -0.05) is 18.6 Å². The molecule has 25 heavy (non-hydrogen) atoms. The fraction of sp³-hybridized carbons (Fsp3) is 0.579. The first-order valence-electron chi connectivity index (χ1n) is 9.24. The van der Waals surface area contributed by atoms with E-state index >= 15 is 0 Å². The minimum atomic E-state index is -0.0487. The van der Waals surface area contributed by atoms with E-state index < -0.39 is 0 Å². The number of amides is 1. The van der Waals surface area contributed by atoms with Crippen molar-refractivity contribution in [1.82, 2.24) is 10.6 Å². The second kappa shape index (κ2) is 8.74. The SMILES string of the molecule is NC(=NCC1CCC1)NCCc1ccc(OCC(=O)NC2CC2)cc1. The average molecular weight is 344 g/mol. The largest absolute Gasteiger partial charge is 0.484 e. The maximum Gasteiger partial charge on any atom is 0.258 e. The third-order valence-corrected chi connectivity index (χ3v) is 4.70. The number of nitrogens with one attached hydrogen (secondary N) is 2. The number of carbonyl (C=O) groups excluding carboxylic acids is 1. The quantitative estimate of drug-likeness (QED) is 0.469. The van der Waals surface area contributed by atoms with Crippen LogP contribution in [0.4, 0.5) is 0 Å². The van der Waals surface area contributed by atoms with Gasteiger partial charge in [-0.15, -0.1) is 0 Å². The van der Waals surface area contributed by atoms with Crippen LogP contribution < -0.4 is 21.1 Å². The molecular weight excluding hydrogens is 316 g/mol. The molecule has 2 fully saturated rings. The molecule has 136 valence electrons. The maximum absolute atomic E-state index is 11.6. The Morgan fingerprint density at radius 3 is 2.60 bits per heavy atom. The summed E-state index contributed by atoms with van der Waals surface area (Å²) in [7, 11) is 0. The molecule has 2 saturated carbocycles. The summed E-state index contributed by atoms with van der Waals surface area (Å²) >= 11 is 0. The molecule has 0 saturated heterocycles. The maximum atomic E-state index is 11.6. The Hall–Kier alpha value is -2.24. The van der Waals surface area contributed by atoms with Crippen LogP contribution >= 0.6 is 0 Å². The summed E-state index contributed by atoms with van der Waals surface area (Å²) in [4.78, 5) is 16.0. The molecule has 0 bridgehead atoms. The molecule has 0 aliphatic heterocycles. The number of nitrogens with zero attached hydrogens (tertiary/aromatic N) is 1. The highest BCUT2D eigenvalue weighted by atomic mass is 16.5. The topological polar surface area (TPSA) is 88.7 Å². The van der Waals surface area contributed by atoms with Gasteiger partial charge < -0.3 is 21.1 Å². The molecule has 0 heterocycles. The van der Waals surface area contributed by atoms with E-state index in [1.54, 1.807) is 0 Å². The molecule has 6 heteroatoms. The standard InChI is InChI=1S/C19H28N4O2/c20-19(22-12-15-2-1-3-15)21-11-10-14-4-8-17(9-5-14)25-13-18(24)23-16-6-7-16/h4-5,8-9,15-16H,1-3,6-7,10-13H2,(H,23,24)(H3,20,21,22). The molecule has 0 atom stereocenters. The van der Waals surface area contributed by atoms with E-state index in [1.807, 2.05) is 24.3 Å². The first-order valence-corrected chi connectivity index (χ1v) is 9.24. The lowest BCUT2D eigenvalue weighted by atomic mass is 9.86. The van der Waals surface area contributed by atoms with E-state index in [2.05, 4.69) is 15.6 Å². The lowest BCUT2D eigenvalue weighted by Gasteiger charge is -2.23. The van der Waals surface area contributed by atoms with Crippen LogP contribution in [0.5, 0.6) is 5.75 Å². The highest BCUT2D eigenvalue weighted by Crippen LogP contribution is 2.26. The summed E-state index contributed by atoms with van der Waals surface area (Å²) < 4.78 is 5.50. The number of hydrogen-bond acceptors (Lipinski definition) is 3. The van der Waals surface area contributed by atoms with Crippen LogP contribution in [-0.4, -0.2) is 37.6 Å². The predicted molar refractivity (Wildman–Crippen MR) is 98.6 cm³/mol. The molecule has 2 aliphatic rings. The minimum absolute atomic E-state index is 0.0487. The zero-order valence-electron chi connectivity index (χ0n) is 14.7. The molecule has 1 aromatic carbocycles. The van der Waals surface area contributed by atoms with Crippen molar-refractivity contribution in [3.8, 4) is 5.75 Å². The van der Waals surface area contributed by atoms with Gasteiger partial charge in [0.15, 0.2) is 12.6 Å². The fourth-order valence-electron chi connectivity index (χ4n) is 2.69. The van der Waals surface area contributed by atoms with Crippen molar-refractivity contribution in [1.29, 1.82) is 0 Å². The highest BCUT2D eigenvalue weighted by Gasteiger charge is 2.23. The van der Waals surface area contributed by atoms with Crippen molar-refractivity contribution in [2.45, 2.75) is 44.6 Å². The van der Waals surface area contributed by atoms with Gasteiger partial charge in [0.1, 0.15) is 5.75 Å². The summed E-state index contributed by atoms with van der Waals surface area (Å²) in [5.41, 5.74) is 7.07. The van der Waals surface area contributed by atoms with Crippen LogP contribution in [0.1, 0.15) is 37.7 Å². The van der Waals surface area contributed by atoms with Gasteiger partial charge in [0.05, 0.1) is 0 Å². The van der Waals surface area contributed by atoms with Crippen molar-refractivity contribution in [2.24, 2.45) is 16.6 Å². The van der Waals surface area contributed by atoms with Crippen LogP contribution in [0.3, 0.4) is 0 Å². The molecule has 0 aromatic heterocycles. The minimum Gasteiger partial charge on any atom is -0.484 e. The Labute approximate surface area is 149 Å². The Kier molecular flexibility index (Phi) is 6.14. The summed E-state index contributed by atoms with van der Waals surface area (Å²) in [6.45, 7) is 1.68. The summed E-state index contributed by atoms with van der Waals surface area (Å²) in [5, 5.41) is 6.06. The van der Waals surface area contributed by atoms with Gasteiger partial charge in [0.25, 0.3) is 5.91 Å². The molecule has 2 aliphatic carbocycles. The van der Waals surface area contributed by atoms with Crippen LogP contribution in [0.15, 0.2) is 29.3 Å². The van der Waals surface area contributed by atoms with Gasteiger partial charge in [-0.3, -0.25) is 9.79 Å². The second-order valence-electron chi connectivity index (χ2n) is 6.97. The number of benzene rings is 1. The van der Waals surface area contributed by atoms with Gasteiger partial charge in [-0.05, 0) is 55.7 Å². The van der Waals surface area contributed by atoms with Gasteiger partial charge in [0, 0.05) is 19.1 Å². The summed E-state index contributed by atoms with van der Waals surface area (Å²) in [5.74, 6) is 1.93. The number of guanidine groups is 1. The van der Waals surface area contributed by atoms with E-state index in [4.69, 9.17) is 10.5 Å². The van der Waals surface area contributed by atoms with Gasteiger partial charge in [-0.25, -0.2) is 0 Å². The zero-order valence-corrected chi connectivity index (χ0v) is 14.7.